The number of nitrogens with zero attached hydrogens (tertiary/aromatic N) is 1. The van der Waals surface area contributed by atoms with Crippen LogP contribution in [0.3, 0.4) is 0 Å². The molecule has 1 aromatic carbocycles. The van der Waals surface area contributed by atoms with E-state index in [9.17, 15) is 19.1 Å². The van der Waals surface area contributed by atoms with Crippen LogP contribution in [0.2, 0.25) is 5.02 Å². The molecule has 3 fully saturated rings. The smallest absolute Gasteiger partial charge is 0.290 e. The first-order valence-corrected chi connectivity index (χ1v) is 12.0. The molecule has 34 heavy (non-hydrogen) atoms. The van der Waals surface area contributed by atoms with Crippen LogP contribution in [0.15, 0.2) is 28.8 Å². The number of aliphatic hydroxyl groups is 1. The van der Waals surface area contributed by atoms with E-state index >= 15 is 0 Å². The molecule has 0 radical (unpaired) electrons. The lowest BCUT2D eigenvalue weighted by atomic mass is 9.64. The minimum absolute atomic E-state index is 0.0128. The van der Waals surface area contributed by atoms with Crippen LogP contribution >= 0.6 is 11.6 Å². The summed E-state index contributed by atoms with van der Waals surface area (Å²) in [5.41, 5.74) is 0.234. The summed E-state index contributed by atoms with van der Waals surface area (Å²) >= 11 is 5.67. The molecule has 0 aliphatic heterocycles. The molecular formula is C24H27ClFN3O5. The maximum Gasteiger partial charge on any atom is 0.290 e. The third kappa shape index (κ3) is 4.90. The fourth-order valence-corrected chi connectivity index (χ4v) is 5.48. The van der Waals surface area contributed by atoms with E-state index in [0.29, 0.717) is 18.8 Å². The molecule has 1 heterocycles. The van der Waals surface area contributed by atoms with Crippen molar-refractivity contribution >= 4 is 23.4 Å². The van der Waals surface area contributed by atoms with Crippen molar-refractivity contribution in [2.45, 2.75) is 68.5 Å². The summed E-state index contributed by atoms with van der Waals surface area (Å²) in [6, 6.07) is 5.24. The first-order valence-electron chi connectivity index (χ1n) is 11.7. The third-order valence-corrected chi connectivity index (χ3v) is 7.42. The maximum atomic E-state index is 13.6. The van der Waals surface area contributed by atoms with Gasteiger partial charge in [0.1, 0.15) is 11.6 Å². The highest BCUT2D eigenvalue weighted by Gasteiger charge is 2.49. The molecule has 3 aliphatic rings. The Kier molecular flexibility index (Phi) is 6.24. The number of amides is 2. The van der Waals surface area contributed by atoms with Crippen LogP contribution in [0.4, 0.5) is 4.39 Å². The van der Waals surface area contributed by atoms with Crippen LogP contribution in [-0.2, 0) is 4.79 Å². The summed E-state index contributed by atoms with van der Waals surface area (Å²) in [7, 11) is 0. The normalized spacial score (nSPS) is 28.3. The predicted octanol–water partition coefficient (Wildman–Crippen LogP) is 3.33. The minimum atomic E-state index is -0.819. The van der Waals surface area contributed by atoms with Crippen LogP contribution in [0.1, 0.15) is 67.1 Å². The Hall–Kier alpha value is -2.65. The molecule has 3 N–H and O–H groups in total. The van der Waals surface area contributed by atoms with Gasteiger partial charge in [-0.25, -0.2) is 4.39 Å². The van der Waals surface area contributed by atoms with E-state index in [1.807, 2.05) is 0 Å². The van der Waals surface area contributed by atoms with Crippen LogP contribution in [-0.4, -0.2) is 46.4 Å². The summed E-state index contributed by atoms with van der Waals surface area (Å²) in [6.45, 7) is -0.279. The molecule has 3 saturated carbocycles. The SMILES string of the molecule is O=C(COc1ccc(Cl)c(F)c1)NC12CCCC(C1)C(NC(=O)c1cc(C3CC3)no1)C(O)C2. The number of hydrogen-bond donors (Lipinski definition) is 3. The van der Waals surface area contributed by atoms with Crippen molar-refractivity contribution in [1.29, 1.82) is 0 Å². The van der Waals surface area contributed by atoms with Gasteiger partial charge in [-0.1, -0.05) is 23.2 Å². The number of benzene rings is 1. The van der Waals surface area contributed by atoms with Gasteiger partial charge < -0.3 is 25.0 Å². The zero-order valence-corrected chi connectivity index (χ0v) is 19.3. The van der Waals surface area contributed by atoms with E-state index < -0.39 is 23.5 Å². The van der Waals surface area contributed by atoms with E-state index in [1.54, 1.807) is 6.07 Å². The maximum absolute atomic E-state index is 13.6. The largest absolute Gasteiger partial charge is 0.484 e. The van der Waals surface area contributed by atoms with Gasteiger partial charge in [0, 0.05) is 23.6 Å². The van der Waals surface area contributed by atoms with Gasteiger partial charge in [-0.3, -0.25) is 9.59 Å². The molecule has 2 aromatic rings. The Morgan fingerprint density at radius 1 is 1.26 bits per heavy atom. The van der Waals surface area contributed by atoms with Crippen LogP contribution < -0.4 is 15.4 Å². The van der Waals surface area contributed by atoms with Gasteiger partial charge in [-0.2, -0.15) is 0 Å². The molecule has 0 saturated heterocycles. The molecule has 2 bridgehead atoms. The van der Waals surface area contributed by atoms with Crippen molar-refractivity contribution in [3.05, 3.63) is 46.6 Å². The Morgan fingerprint density at radius 2 is 2.09 bits per heavy atom. The highest BCUT2D eigenvalue weighted by molar-refractivity contribution is 6.30. The highest BCUT2D eigenvalue weighted by Crippen LogP contribution is 2.43. The topological polar surface area (TPSA) is 114 Å². The molecule has 8 nitrogen and oxygen atoms in total. The average Bonchev–Trinajstić information content (AvgIpc) is 3.53. The number of carbonyl (C=O) groups excluding carboxylic acids is 2. The van der Waals surface area contributed by atoms with Gasteiger partial charge in [0.15, 0.2) is 6.61 Å². The molecule has 4 atom stereocenters. The van der Waals surface area contributed by atoms with E-state index in [-0.39, 0.29) is 40.9 Å². The zero-order valence-electron chi connectivity index (χ0n) is 18.6. The molecule has 0 spiro atoms. The lowest BCUT2D eigenvalue weighted by molar-refractivity contribution is -0.127. The molecule has 4 unspecified atom stereocenters. The Labute approximate surface area is 201 Å². The molecule has 3 aliphatic carbocycles. The van der Waals surface area contributed by atoms with E-state index in [2.05, 4.69) is 15.8 Å². The molecule has 10 heteroatoms. The summed E-state index contributed by atoms with van der Waals surface area (Å²) < 4.78 is 24.2. The highest BCUT2D eigenvalue weighted by atomic mass is 35.5. The van der Waals surface area contributed by atoms with Gasteiger partial charge in [0.25, 0.3) is 11.8 Å². The van der Waals surface area contributed by atoms with E-state index in [4.69, 9.17) is 20.9 Å². The predicted molar refractivity (Wildman–Crippen MR) is 120 cm³/mol. The number of rotatable bonds is 7. The van der Waals surface area contributed by atoms with Gasteiger partial charge in [-0.15, -0.1) is 0 Å². The number of fused-ring (bicyclic) bond motifs is 2. The number of carbonyl (C=O) groups is 2. The van der Waals surface area contributed by atoms with Crippen molar-refractivity contribution in [3.8, 4) is 5.75 Å². The van der Waals surface area contributed by atoms with Crippen molar-refractivity contribution in [1.82, 2.24) is 15.8 Å². The summed E-state index contributed by atoms with van der Waals surface area (Å²) in [5.74, 6) is -0.583. The zero-order chi connectivity index (χ0) is 23.9. The van der Waals surface area contributed by atoms with E-state index in [1.165, 1.54) is 12.1 Å². The van der Waals surface area contributed by atoms with Crippen LogP contribution in [0.5, 0.6) is 5.75 Å². The van der Waals surface area contributed by atoms with Crippen molar-refractivity contribution < 1.29 is 28.3 Å². The molecule has 1 aromatic heterocycles. The molecule has 5 rings (SSSR count). The van der Waals surface area contributed by atoms with Gasteiger partial charge in [0.2, 0.25) is 5.76 Å². The summed E-state index contributed by atoms with van der Waals surface area (Å²) in [5, 5.41) is 20.8. The fraction of sp³-hybridized carbons (Fsp3) is 0.542. The van der Waals surface area contributed by atoms with E-state index in [0.717, 1.165) is 43.9 Å². The summed E-state index contributed by atoms with van der Waals surface area (Å²) in [6.07, 6.45) is 4.69. The van der Waals surface area contributed by atoms with Gasteiger partial charge in [0.05, 0.1) is 22.9 Å². The number of hydrogen-bond acceptors (Lipinski definition) is 6. The third-order valence-electron chi connectivity index (χ3n) is 7.12. The Bertz CT molecular complexity index is 1090. The number of nitrogens with one attached hydrogen (secondary N) is 2. The second-order valence-corrected chi connectivity index (χ2v) is 10.1. The number of ether oxygens (including phenoxy) is 1. The lowest BCUT2D eigenvalue weighted by Crippen LogP contribution is -2.64. The molecule has 182 valence electrons. The monoisotopic (exact) mass is 491 g/mol. The van der Waals surface area contributed by atoms with Crippen molar-refractivity contribution in [2.75, 3.05) is 6.61 Å². The second-order valence-electron chi connectivity index (χ2n) is 9.71. The Morgan fingerprint density at radius 3 is 2.85 bits per heavy atom. The molecular weight excluding hydrogens is 465 g/mol. The Balaban J connectivity index is 1.18. The fourth-order valence-electron chi connectivity index (χ4n) is 5.36. The minimum Gasteiger partial charge on any atom is -0.484 e. The first kappa shape index (κ1) is 23.1. The standard InChI is InChI=1S/C24H27ClFN3O5/c25-16-6-5-15(8-17(16)26)33-12-21(31)28-24-7-1-2-14(10-24)22(19(30)11-24)27-23(32)20-9-18(29-34-20)13-3-4-13/h5-6,8-9,13-14,19,22,30H,1-4,7,10-12H2,(H,27,32)(H,28,31). The second kappa shape index (κ2) is 9.19. The van der Waals surface area contributed by atoms with Gasteiger partial charge >= 0.3 is 0 Å². The lowest BCUT2D eigenvalue weighted by Gasteiger charge is -2.51. The number of aromatic nitrogens is 1. The average molecular weight is 492 g/mol. The van der Waals surface area contributed by atoms with Gasteiger partial charge in [-0.05, 0) is 56.6 Å². The summed E-state index contributed by atoms with van der Waals surface area (Å²) in [4.78, 5) is 25.3. The first-order chi connectivity index (χ1) is 16.3. The number of halogens is 2. The molecule has 2 amide bonds. The van der Waals surface area contributed by atoms with Crippen molar-refractivity contribution in [3.63, 3.8) is 0 Å². The quantitative estimate of drug-likeness (QED) is 0.547. The van der Waals surface area contributed by atoms with Crippen LogP contribution in [0.25, 0.3) is 0 Å². The van der Waals surface area contributed by atoms with Crippen molar-refractivity contribution in [2.24, 2.45) is 5.92 Å². The van der Waals surface area contributed by atoms with Crippen LogP contribution in [0, 0.1) is 11.7 Å². The number of aliphatic hydroxyl groups excluding tert-OH is 1.